The Kier molecular flexibility index (Phi) is 7.57. The topological polar surface area (TPSA) is 72.9 Å². The number of amides is 1. The van der Waals surface area contributed by atoms with Crippen LogP contribution in [0.2, 0.25) is 0 Å². The van der Waals surface area contributed by atoms with Gasteiger partial charge in [0.15, 0.2) is 5.79 Å². The largest absolute Gasteiger partial charge is 0.417 e. The predicted octanol–water partition coefficient (Wildman–Crippen LogP) is 4.08. The summed E-state index contributed by atoms with van der Waals surface area (Å²) in [6.07, 6.45) is 4.08. The Morgan fingerprint density at radius 1 is 1.19 bits per heavy atom. The van der Waals surface area contributed by atoms with E-state index in [4.69, 9.17) is 14.2 Å². The molecule has 7 nitrogen and oxygen atoms in total. The fraction of sp³-hybridized carbons (Fsp3) is 0.778. The van der Waals surface area contributed by atoms with Crippen LogP contribution in [0.5, 0.6) is 0 Å². The maximum Gasteiger partial charge on any atom is 0.417 e. The predicted molar refractivity (Wildman–Crippen MR) is 129 cm³/mol. The van der Waals surface area contributed by atoms with Crippen LogP contribution < -0.4 is 5.32 Å². The van der Waals surface area contributed by atoms with E-state index in [1.165, 1.54) is 6.07 Å². The van der Waals surface area contributed by atoms with Gasteiger partial charge < -0.3 is 24.4 Å². The molecule has 1 amide bonds. The Balaban J connectivity index is 1.37. The number of nitrogens with zero attached hydrogens (tertiary/aromatic N) is 2. The van der Waals surface area contributed by atoms with Crippen LogP contribution in [-0.2, 0) is 38.1 Å². The molecule has 1 N–H and O–H groups in total. The van der Waals surface area contributed by atoms with Crippen LogP contribution in [0.4, 0.5) is 13.2 Å². The molecular weight excluding hydrogens is 487 g/mol. The minimum absolute atomic E-state index is 0.0939. The molecule has 10 heteroatoms. The van der Waals surface area contributed by atoms with Gasteiger partial charge in [-0.25, -0.2) is 0 Å². The maximum absolute atomic E-state index is 14.3. The molecule has 2 aliphatic carbocycles. The number of rotatable bonds is 5. The Hall–Kier alpha value is -1.75. The van der Waals surface area contributed by atoms with Gasteiger partial charge in [0, 0.05) is 58.1 Å². The summed E-state index contributed by atoms with van der Waals surface area (Å²) in [4.78, 5) is 20.1. The normalized spacial score (nSPS) is 31.9. The van der Waals surface area contributed by atoms with Gasteiger partial charge >= 0.3 is 6.18 Å². The molecule has 0 bridgehead atoms. The second-order valence-corrected chi connectivity index (χ2v) is 11.1. The Morgan fingerprint density at radius 2 is 1.97 bits per heavy atom. The van der Waals surface area contributed by atoms with Crippen LogP contribution in [0.15, 0.2) is 12.3 Å². The third-order valence-corrected chi connectivity index (χ3v) is 9.29. The number of methoxy groups -OCH3 is 2. The average Bonchev–Trinajstić information content (AvgIpc) is 3.22. The summed E-state index contributed by atoms with van der Waals surface area (Å²) >= 11 is 0. The first-order valence-electron chi connectivity index (χ1n) is 13.5. The molecular formula is C27H38F3N3O4. The van der Waals surface area contributed by atoms with Crippen LogP contribution in [-0.4, -0.2) is 67.6 Å². The molecule has 2 saturated carbocycles. The van der Waals surface area contributed by atoms with Crippen molar-refractivity contribution in [2.45, 2.75) is 88.4 Å². The van der Waals surface area contributed by atoms with Crippen LogP contribution in [0.25, 0.3) is 0 Å². The molecule has 4 atom stereocenters. The number of hydrogen-bond donors (Lipinski definition) is 1. The summed E-state index contributed by atoms with van der Waals surface area (Å²) in [5.41, 5.74) is -0.0941. The second kappa shape index (κ2) is 10.4. The highest BCUT2D eigenvalue weighted by Crippen LogP contribution is 2.53. The second-order valence-electron chi connectivity index (χ2n) is 11.1. The van der Waals surface area contributed by atoms with E-state index >= 15 is 0 Å². The number of alkyl halides is 3. The summed E-state index contributed by atoms with van der Waals surface area (Å²) < 4.78 is 57.3. The van der Waals surface area contributed by atoms with Crippen LogP contribution in [0.1, 0.15) is 68.2 Å². The number of halogens is 3. The Morgan fingerprint density at radius 3 is 2.73 bits per heavy atom. The number of aromatic nitrogens is 1. The average molecular weight is 526 g/mol. The van der Waals surface area contributed by atoms with Crippen LogP contribution in [0.3, 0.4) is 0 Å². The van der Waals surface area contributed by atoms with Gasteiger partial charge in [-0.15, -0.1) is 0 Å². The van der Waals surface area contributed by atoms with Crippen molar-refractivity contribution in [2.24, 2.45) is 11.3 Å². The standard InChI is InChI=1S/C27H38F3N3O4/c1-35-26(36-2)10-12-37-17-23(26)32-21-7-3-5-19-6-4-9-25(19,14-21)24(34)33-11-8-22-18(16-33)13-20(15-31-22)27(28,29)30/h13,15,19,21,23,32H,3-12,14,16-17H2,1-2H3/t19-,21-,23-,25-/m1/s1. The zero-order valence-electron chi connectivity index (χ0n) is 21.7. The molecule has 1 saturated heterocycles. The van der Waals surface area contributed by atoms with Crippen molar-refractivity contribution in [2.75, 3.05) is 34.0 Å². The van der Waals surface area contributed by atoms with Gasteiger partial charge in [0.1, 0.15) is 0 Å². The van der Waals surface area contributed by atoms with E-state index in [-0.39, 0.29) is 24.5 Å². The first-order valence-corrected chi connectivity index (χ1v) is 13.5. The third-order valence-electron chi connectivity index (χ3n) is 9.29. The van der Waals surface area contributed by atoms with Crippen LogP contribution >= 0.6 is 0 Å². The molecule has 1 aromatic rings. The Bertz CT molecular complexity index is 986. The number of ether oxygens (including phenoxy) is 3. The number of hydrogen-bond acceptors (Lipinski definition) is 6. The summed E-state index contributed by atoms with van der Waals surface area (Å²) in [6, 6.07) is 1.11. The van der Waals surface area contributed by atoms with Gasteiger partial charge in [0.2, 0.25) is 5.91 Å². The molecule has 3 fully saturated rings. The quantitative estimate of drug-likeness (QED) is 0.584. The van der Waals surface area contributed by atoms with E-state index in [1.807, 2.05) is 0 Å². The molecule has 3 heterocycles. The minimum atomic E-state index is -4.45. The fourth-order valence-corrected chi connectivity index (χ4v) is 7.32. The summed E-state index contributed by atoms with van der Waals surface area (Å²) in [5.74, 6) is -0.377. The first kappa shape index (κ1) is 26.8. The zero-order chi connectivity index (χ0) is 26.3. The van der Waals surface area contributed by atoms with Gasteiger partial charge in [-0.2, -0.15) is 13.2 Å². The molecule has 0 radical (unpaired) electrons. The van der Waals surface area contributed by atoms with E-state index in [0.29, 0.717) is 56.2 Å². The molecule has 5 rings (SSSR count). The highest BCUT2D eigenvalue weighted by Gasteiger charge is 2.53. The van der Waals surface area contributed by atoms with E-state index in [1.54, 1.807) is 19.1 Å². The van der Waals surface area contributed by atoms with Crippen molar-refractivity contribution >= 4 is 5.91 Å². The third kappa shape index (κ3) is 5.02. The van der Waals surface area contributed by atoms with Crippen LogP contribution in [0, 0.1) is 11.3 Å². The number of carbonyl (C=O) groups excluding carboxylic acids is 1. The molecule has 37 heavy (non-hydrogen) atoms. The maximum atomic E-state index is 14.3. The van der Waals surface area contributed by atoms with Gasteiger partial charge in [-0.1, -0.05) is 12.8 Å². The van der Waals surface area contributed by atoms with E-state index in [2.05, 4.69) is 10.3 Å². The lowest BCUT2D eigenvalue weighted by atomic mass is 9.72. The van der Waals surface area contributed by atoms with Gasteiger partial charge in [0.25, 0.3) is 0 Å². The van der Waals surface area contributed by atoms with Gasteiger partial charge in [-0.3, -0.25) is 9.78 Å². The lowest BCUT2D eigenvalue weighted by Crippen LogP contribution is -2.61. The highest BCUT2D eigenvalue weighted by atomic mass is 19.4. The zero-order valence-corrected chi connectivity index (χ0v) is 21.7. The summed E-state index contributed by atoms with van der Waals surface area (Å²) in [6.45, 7) is 1.71. The summed E-state index contributed by atoms with van der Waals surface area (Å²) in [5, 5.41) is 3.74. The number of nitrogens with one attached hydrogen (secondary N) is 1. The van der Waals surface area contributed by atoms with E-state index in [9.17, 15) is 18.0 Å². The number of pyridine rings is 1. The van der Waals surface area contributed by atoms with E-state index < -0.39 is 22.9 Å². The van der Waals surface area contributed by atoms with Crippen molar-refractivity contribution < 1.29 is 32.2 Å². The fourth-order valence-electron chi connectivity index (χ4n) is 7.32. The molecule has 206 valence electrons. The Labute approximate surface area is 216 Å². The molecule has 4 aliphatic rings. The monoisotopic (exact) mass is 525 g/mol. The smallest absolute Gasteiger partial charge is 0.379 e. The van der Waals surface area contributed by atoms with Gasteiger partial charge in [-0.05, 0) is 49.7 Å². The number of carbonyl (C=O) groups is 1. The van der Waals surface area contributed by atoms with Crippen molar-refractivity contribution in [1.29, 1.82) is 0 Å². The van der Waals surface area contributed by atoms with Crippen molar-refractivity contribution in [1.82, 2.24) is 15.2 Å². The molecule has 1 aromatic heterocycles. The van der Waals surface area contributed by atoms with E-state index in [0.717, 1.165) is 44.7 Å². The van der Waals surface area contributed by atoms with Crippen molar-refractivity contribution in [3.8, 4) is 0 Å². The summed E-state index contributed by atoms with van der Waals surface area (Å²) in [7, 11) is 3.31. The lowest BCUT2D eigenvalue weighted by Gasteiger charge is -2.45. The molecule has 2 aliphatic heterocycles. The minimum Gasteiger partial charge on any atom is -0.379 e. The molecule has 0 aromatic carbocycles. The van der Waals surface area contributed by atoms with Crippen molar-refractivity contribution in [3.63, 3.8) is 0 Å². The first-order chi connectivity index (χ1) is 17.7. The molecule has 0 spiro atoms. The van der Waals surface area contributed by atoms with Crippen molar-refractivity contribution in [3.05, 3.63) is 29.1 Å². The number of fused-ring (bicyclic) bond motifs is 2. The van der Waals surface area contributed by atoms with Gasteiger partial charge in [0.05, 0.1) is 30.2 Å². The molecule has 0 unspecified atom stereocenters. The highest BCUT2D eigenvalue weighted by molar-refractivity contribution is 5.84. The lowest BCUT2D eigenvalue weighted by molar-refractivity contribution is -0.260. The SMILES string of the molecule is COC1(OC)CCOC[C@H]1N[C@@H]1CCC[C@@H]2CCC[C@@]2(C(=O)N2CCc3ncc(C(F)(F)F)cc3C2)C1.